The molecular formula is C22H19N3O4S. The zero-order chi connectivity index (χ0) is 20.9. The number of carbonyl (C=O) groups is 1. The maximum absolute atomic E-state index is 12.6. The summed E-state index contributed by atoms with van der Waals surface area (Å²) in [5, 5.41) is 6.94. The molecule has 0 aliphatic heterocycles. The van der Waals surface area contributed by atoms with E-state index in [-0.39, 0.29) is 5.91 Å². The van der Waals surface area contributed by atoms with Crippen molar-refractivity contribution in [2.45, 2.75) is 6.54 Å². The first-order valence-electron chi connectivity index (χ1n) is 9.16. The highest BCUT2D eigenvalue weighted by Gasteiger charge is 2.16. The molecule has 30 heavy (non-hydrogen) atoms. The van der Waals surface area contributed by atoms with Gasteiger partial charge < -0.3 is 19.3 Å². The highest BCUT2D eigenvalue weighted by Crippen LogP contribution is 2.28. The topological polar surface area (TPSA) is 86.5 Å². The number of ether oxygens (including phenoxy) is 2. The van der Waals surface area contributed by atoms with Crippen molar-refractivity contribution in [3.8, 4) is 33.7 Å². The molecule has 4 aromatic rings. The molecule has 0 spiro atoms. The van der Waals surface area contributed by atoms with Crippen molar-refractivity contribution in [1.29, 1.82) is 0 Å². The Hall–Kier alpha value is -3.65. The Morgan fingerprint density at radius 3 is 2.67 bits per heavy atom. The lowest BCUT2D eigenvalue weighted by molar-refractivity contribution is 0.0954. The third kappa shape index (κ3) is 4.18. The summed E-state index contributed by atoms with van der Waals surface area (Å²) in [6.45, 7) is 0.312. The van der Waals surface area contributed by atoms with E-state index >= 15 is 0 Å². The smallest absolute Gasteiger partial charge is 0.261 e. The number of rotatable bonds is 7. The van der Waals surface area contributed by atoms with Gasteiger partial charge in [-0.3, -0.25) is 4.79 Å². The molecule has 1 amide bonds. The summed E-state index contributed by atoms with van der Waals surface area (Å²) in [6, 6.07) is 18.6. The maximum atomic E-state index is 12.6. The van der Waals surface area contributed by atoms with Crippen LogP contribution in [-0.2, 0) is 6.54 Å². The largest absolute Gasteiger partial charge is 0.497 e. The predicted molar refractivity (Wildman–Crippen MR) is 114 cm³/mol. The van der Waals surface area contributed by atoms with Gasteiger partial charge in [-0.2, -0.15) is 4.98 Å². The van der Waals surface area contributed by atoms with Crippen LogP contribution in [0.5, 0.6) is 11.5 Å². The number of aromatic nitrogens is 2. The number of amides is 1. The molecule has 152 valence electrons. The van der Waals surface area contributed by atoms with E-state index in [0.717, 1.165) is 16.0 Å². The summed E-state index contributed by atoms with van der Waals surface area (Å²) in [7, 11) is 3.19. The van der Waals surface area contributed by atoms with Crippen molar-refractivity contribution in [2.75, 3.05) is 14.2 Å². The number of thiophene rings is 1. The monoisotopic (exact) mass is 421 g/mol. The van der Waals surface area contributed by atoms with E-state index in [2.05, 4.69) is 15.5 Å². The summed E-state index contributed by atoms with van der Waals surface area (Å²) in [5.41, 5.74) is 1.67. The Bertz CT molecular complexity index is 1150. The van der Waals surface area contributed by atoms with Crippen molar-refractivity contribution < 1.29 is 18.8 Å². The standard InChI is InChI=1S/C22H19N3O4S/c1-27-16-8-9-17(28-2)15(12-16)13-23-21(26)19-11-10-18(30-19)20-24-22(29-25-20)14-6-4-3-5-7-14/h3-12H,13H2,1-2H3,(H,23,26). The molecule has 0 radical (unpaired) electrons. The van der Waals surface area contributed by atoms with E-state index in [9.17, 15) is 4.79 Å². The van der Waals surface area contributed by atoms with E-state index in [4.69, 9.17) is 14.0 Å². The van der Waals surface area contributed by atoms with Crippen LogP contribution in [0.25, 0.3) is 22.2 Å². The highest BCUT2D eigenvalue weighted by atomic mass is 32.1. The molecule has 7 nitrogen and oxygen atoms in total. The summed E-state index contributed by atoms with van der Waals surface area (Å²) < 4.78 is 15.9. The Balaban J connectivity index is 1.46. The summed E-state index contributed by atoms with van der Waals surface area (Å²) in [5.74, 6) is 2.08. The third-order valence-corrected chi connectivity index (χ3v) is 5.50. The van der Waals surface area contributed by atoms with Gasteiger partial charge in [-0.1, -0.05) is 23.4 Å². The van der Waals surface area contributed by atoms with E-state index in [1.54, 1.807) is 20.3 Å². The first-order valence-corrected chi connectivity index (χ1v) is 9.98. The predicted octanol–water partition coefficient (Wildman–Crippen LogP) is 4.41. The highest BCUT2D eigenvalue weighted by molar-refractivity contribution is 7.17. The van der Waals surface area contributed by atoms with Gasteiger partial charge in [-0.05, 0) is 42.5 Å². The number of methoxy groups -OCH3 is 2. The van der Waals surface area contributed by atoms with Crippen LogP contribution in [0.4, 0.5) is 0 Å². The first kappa shape index (κ1) is 19.7. The zero-order valence-corrected chi connectivity index (χ0v) is 17.2. The quantitative estimate of drug-likeness (QED) is 0.476. The average Bonchev–Trinajstić information content (AvgIpc) is 3.47. The van der Waals surface area contributed by atoms with Gasteiger partial charge in [0, 0.05) is 17.7 Å². The maximum Gasteiger partial charge on any atom is 0.261 e. The van der Waals surface area contributed by atoms with Gasteiger partial charge >= 0.3 is 0 Å². The molecule has 1 N–H and O–H groups in total. The van der Waals surface area contributed by atoms with Gasteiger partial charge in [0.05, 0.1) is 24.0 Å². The molecule has 0 unspecified atom stereocenters. The second kappa shape index (κ2) is 8.79. The molecule has 0 atom stereocenters. The molecule has 4 rings (SSSR count). The zero-order valence-electron chi connectivity index (χ0n) is 16.4. The van der Waals surface area contributed by atoms with Gasteiger partial charge in [0.25, 0.3) is 11.8 Å². The molecule has 0 fully saturated rings. The number of hydrogen-bond donors (Lipinski definition) is 1. The van der Waals surface area contributed by atoms with Gasteiger partial charge in [0.2, 0.25) is 5.82 Å². The fraction of sp³-hybridized carbons (Fsp3) is 0.136. The van der Waals surface area contributed by atoms with Crippen LogP contribution in [0.3, 0.4) is 0 Å². The van der Waals surface area contributed by atoms with E-state index in [1.807, 2.05) is 54.6 Å². The number of hydrogen-bond acceptors (Lipinski definition) is 7. The normalized spacial score (nSPS) is 10.6. The SMILES string of the molecule is COc1ccc(OC)c(CNC(=O)c2ccc(-c3noc(-c4ccccc4)n3)s2)c1. The first-order chi connectivity index (χ1) is 14.7. The van der Waals surface area contributed by atoms with Crippen LogP contribution in [0.2, 0.25) is 0 Å². The number of nitrogens with one attached hydrogen (secondary N) is 1. The molecule has 0 saturated heterocycles. The molecule has 0 aliphatic rings. The van der Waals surface area contributed by atoms with Crippen LogP contribution in [0.1, 0.15) is 15.2 Å². The molecule has 2 aromatic carbocycles. The van der Waals surface area contributed by atoms with Gasteiger partial charge in [0.15, 0.2) is 0 Å². The Morgan fingerprint density at radius 2 is 1.90 bits per heavy atom. The molecular weight excluding hydrogens is 402 g/mol. The Kier molecular flexibility index (Phi) is 5.76. The van der Waals surface area contributed by atoms with Crippen molar-refractivity contribution in [1.82, 2.24) is 15.5 Å². The van der Waals surface area contributed by atoms with Gasteiger partial charge in [-0.15, -0.1) is 11.3 Å². The number of carbonyl (C=O) groups excluding carboxylic acids is 1. The molecule has 0 saturated carbocycles. The lowest BCUT2D eigenvalue weighted by Crippen LogP contribution is -2.22. The Labute approximate surface area is 177 Å². The Morgan fingerprint density at radius 1 is 1.07 bits per heavy atom. The van der Waals surface area contributed by atoms with Gasteiger partial charge in [-0.25, -0.2) is 0 Å². The molecule has 0 aliphatic carbocycles. The minimum Gasteiger partial charge on any atom is -0.497 e. The fourth-order valence-corrected chi connectivity index (χ4v) is 3.73. The lowest BCUT2D eigenvalue weighted by atomic mass is 10.2. The molecule has 8 heteroatoms. The van der Waals surface area contributed by atoms with Crippen molar-refractivity contribution >= 4 is 17.2 Å². The lowest BCUT2D eigenvalue weighted by Gasteiger charge is -2.11. The van der Waals surface area contributed by atoms with Crippen LogP contribution >= 0.6 is 11.3 Å². The molecule has 2 heterocycles. The van der Waals surface area contributed by atoms with Crippen molar-refractivity contribution in [3.63, 3.8) is 0 Å². The third-order valence-electron chi connectivity index (χ3n) is 4.42. The molecule has 2 aromatic heterocycles. The van der Waals surface area contributed by atoms with Crippen LogP contribution in [0.15, 0.2) is 65.2 Å². The number of nitrogens with zero attached hydrogens (tertiary/aromatic N) is 2. The second-order valence-corrected chi connectivity index (χ2v) is 7.40. The van der Waals surface area contributed by atoms with Gasteiger partial charge in [0.1, 0.15) is 11.5 Å². The van der Waals surface area contributed by atoms with Crippen molar-refractivity contribution in [2.24, 2.45) is 0 Å². The van der Waals surface area contributed by atoms with Crippen molar-refractivity contribution in [3.05, 3.63) is 71.1 Å². The molecule has 0 bridgehead atoms. The van der Waals surface area contributed by atoms with Crippen LogP contribution in [-0.4, -0.2) is 30.3 Å². The average molecular weight is 421 g/mol. The van der Waals surface area contributed by atoms with Crippen LogP contribution < -0.4 is 14.8 Å². The minimum absolute atomic E-state index is 0.192. The van der Waals surface area contributed by atoms with E-state index < -0.39 is 0 Å². The number of benzene rings is 2. The minimum atomic E-state index is -0.192. The summed E-state index contributed by atoms with van der Waals surface area (Å²) in [4.78, 5) is 18.3. The van der Waals surface area contributed by atoms with E-state index in [1.165, 1.54) is 11.3 Å². The second-order valence-electron chi connectivity index (χ2n) is 6.31. The van der Waals surface area contributed by atoms with Crippen LogP contribution in [0, 0.1) is 0 Å². The summed E-state index contributed by atoms with van der Waals surface area (Å²) in [6.07, 6.45) is 0. The summed E-state index contributed by atoms with van der Waals surface area (Å²) >= 11 is 1.30. The fourth-order valence-electron chi connectivity index (χ4n) is 2.88. The van der Waals surface area contributed by atoms with E-state index in [0.29, 0.717) is 34.6 Å².